The van der Waals surface area contributed by atoms with Gasteiger partial charge < -0.3 is 15.0 Å². The second-order valence-electron chi connectivity index (χ2n) is 6.01. The van der Waals surface area contributed by atoms with Gasteiger partial charge in [0.1, 0.15) is 5.75 Å². The smallest absolute Gasteiger partial charge is 0.247 e. The molecule has 112 valence electrons. The molecule has 21 heavy (non-hydrogen) atoms. The highest BCUT2D eigenvalue weighted by Crippen LogP contribution is 2.37. The van der Waals surface area contributed by atoms with Gasteiger partial charge in [-0.15, -0.1) is 0 Å². The zero-order valence-corrected chi connectivity index (χ0v) is 12.5. The molecule has 1 aromatic heterocycles. The lowest BCUT2D eigenvalue weighted by Crippen LogP contribution is -2.41. The molecule has 0 bridgehead atoms. The normalized spacial score (nSPS) is 25.8. The summed E-state index contributed by atoms with van der Waals surface area (Å²) in [6.45, 7) is 2.22. The highest BCUT2D eigenvalue weighted by molar-refractivity contribution is 5.55. The van der Waals surface area contributed by atoms with Crippen molar-refractivity contribution < 1.29 is 9.26 Å². The molecule has 1 aliphatic carbocycles. The topological polar surface area (TPSA) is 74.2 Å². The molecule has 0 saturated heterocycles. The Morgan fingerprint density at radius 2 is 2.10 bits per heavy atom. The summed E-state index contributed by atoms with van der Waals surface area (Å²) >= 11 is 0. The first-order valence-electron chi connectivity index (χ1n) is 7.38. The predicted octanol–water partition coefficient (Wildman–Crippen LogP) is 3.11. The van der Waals surface area contributed by atoms with Crippen molar-refractivity contribution in [2.24, 2.45) is 11.7 Å². The second kappa shape index (κ2) is 5.48. The first-order valence-corrected chi connectivity index (χ1v) is 7.38. The third kappa shape index (κ3) is 2.78. The van der Waals surface area contributed by atoms with Crippen LogP contribution in [0.15, 0.2) is 28.8 Å². The van der Waals surface area contributed by atoms with E-state index in [1.54, 1.807) is 7.11 Å². The number of aromatic nitrogens is 2. The first kappa shape index (κ1) is 14.1. The minimum absolute atomic E-state index is 0.477. The van der Waals surface area contributed by atoms with E-state index in [-0.39, 0.29) is 0 Å². The van der Waals surface area contributed by atoms with Gasteiger partial charge >= 0.3 is 0 Å². The van der Waals surface area contributed by atoms with E-state index in [2.05, 4.69) is 17.1 Å². The van der Waals surface area contributed by atoms with Gasteiger partial charge in [-0.05, 0) is 43.0 Å². The zero-order chi connectivity index (χ0) is 14.9. The number of methoxy groups -OCH3 is 1. The molecule has 5 heteroatoms. The number of ether oxygens (including phenoxy) is 1. The van der Waals surface area contributed by atoms with Crippen molar-refractivity contribution in [3.63, 3.8) is 0 Å². The molecule has 3 rings (SSSR count). The summed E-state index contributed by atoms with van der Waals surface area (Å²) in [5.74, 6) is 2.54. The Balaban J connectivity index is 1.85. The average Bonchev–Trinajstić information content (AvgIpc) is 2.98. The molecule has 1 aromatic carbocycles. The van der Waals surface area contributed by atoms with Gasteiger partial charge in [-0.2, -0.15) is 4.98 Å². The van der Waals surface area contributed by atoms with Crippen LogP contribution in [0.5, 0.6) is 5.75 Å². The Morgan fingerprint density at radius 3 is 2.76 bits per heavy atom. The summed E-state index contributed by atoms with van der Waals surface area (Å²) in [7, 11) is 1.64. The molecular weight excluding hydrogens is 266 g/mol. The van der Waals surface area contributed by atoms with Crippen LogP contribution >= 0.6 is 0 Å². The maximum absolute atomic E-state index is 6.49. The maximum atomic E-state index is 6.49. The van der Waals surface area contributed by atoms with Crippen molar-refractivity contribution in [1.82, 2.24) is 10.1 Å². The summed E-state index contributed by atoms with van der Waals surface area (Å²) in [5, 5.41) is 4.08. The van der Waals surface area contributed by atoms with Gasteiger partial charge in [0.15, 0.2) is 0 Å². The van der Waals surface area contributed by atoms with Gasteiger partial charge in [-0.25, -0.2) is 0 Å². The quantitative estimate of drug-likeness (QED) is 0.938. The Labute approximate surface area is 124 Å². The fourth-order valence-electron chi connectivity index (χ4n) is 3.07. The number of benzene rings is 1. The van der Waals surface area contributed by atoms with E-state index in [1.165, 1.54) is 6.42 Å². The molecule has 2 unspecified atom stereocenters. The van der Waals surface area contributed by atoms with E-state index in [0.29, 0.717) is 17.6 Å². The SMILES string of the molecule is COc1ccc(-c2noc(C3(N)CCCC(C)C3)n2)cc1. The Bertz CT molecular complexity index is 608. The average molecular weight is 287 g/mol. The number of hydrogen-bond acceptors (Lipinski definition) is 5. The molecule has 1 fully saturated rings. The fourth-order valence-corrected chi connectivity index (χ4v) is 3.07. The van der Waals surface area contributed by atoms with Gasteiger partial charge in [-0.3, -0.25) is 0 Å². The predicted molar refractivity (Wildman–Crippen MR) is 79.8 cm³/mol. The van der Waals surface area contributed by atoms with Gasteiger partial charge in [0.25, 0.3) is 0 Å². The number of nitrogens with two attached hydrogens (primary N) is 1. The van der Waals surface area contributed by atoms with E-state index in [9.17, 15) is 0 Å². The minimum Gasteiger partial charge on any atom is -0.497 e. The number of rotatable bonds is 3. The lowest BCUT2D eigenvalue weighted by molar-refractivity contribution is 0.183. The molecule has 5 nitrogen and oxygen atoms in total. The van der Waals surface area contributed by atoms with Gasteiger partial charge in [0.2, 0.25) is 11.7 Å². The van der Waals surface area contributed by atoms with E-state index in [4.69, 9.17) is 15.0 Å². The Kier molecular flexibility index (Phi) is 3.68. The summed E-state index contributed by atoms with van der Waals surface area (Å²) < 4.78 is 10.6. The highest BCUT2D eigenvalue weighted by Gasteiger charge is 2.37. The van der Waals surface area contributed by atoms with Gasteiger partial charge in [0.05, 0.1) is 12.6 Å². The highest BCUT2D eigenvalue weighted by atomic mass is 16.5. The third-order valence-electron chi connectivity index (χ3n) is 4.23. The molecule has 0 spiro atoms. The van der Waals surface area contributed by atoms with E-state index >= 15 is 0 Å². The van der Waals surface area contributed by atoms with Crippen LogP contribution in [0.2, 0.25) is 0 Å². The lowest BCUT2D eigenvalue weighted by Gasteiger charge is -2.33. The van der Waals surface area contributed by atoms with Crippen molar-refractivity contribution in [1.29, 1.82) is 0 Å². The third-order valence-corrected chi connectivity index (χ3v) is 4.23. The Morgan fingerprint density at radius 1 is 1.33 bits per heavy atom. The van der Waals surface area contributed by atoms with Crippen LogP contribution in [-0.4, -0.2) is 17.3 Å². The molecule has 2 atom stereocenters. The number of hydrogen-bond donors (Lipinski definition) is 1. The van der Waals surface area contributed by atoms with Crippen LogP contribution < -0.4 is 10.5 Å². The van der Waals surface area contributed by atoms with E-state index < -0.39 is 5.54 Å². The molecule has 0 aliphatic heterocycles. The summed E-state index contributed by atoms with van der Waals surface area (Å²) in [6, 6.07) is 7.60. The molecule has 1 aliphatic rings. The zero-order valence-electron chi connectivity index (χ0n) is 12.5. The van der Waals surface area contributed by atoms with Crippen molar-refractivity contribution in [3.8, 4) is 17.1 Å². The molecule has 2 N–H and O–H groups in total. The van der Waals surface area contributed by atoms with Crippen molar-refractivity contribution in [2.45, 2.75) is 38.1 Å². The summed E-state index contributed by atoms with van der Waals surface area (Å²) in [6.07, 6.45) is 4.13. The van der Waals surface area contributed by atoms with Crippen LogP contribution in [0.1, 0.15) is 38.5 Å². The molecular formula is C16H21N3O2. The molecule has 2 aromatic rings. The largest absolute Gasteiger partial charge is 0.497 e. The fraction of sp³-hybridized carbons (Fsp3) is 0.500. The molecule has 1 saturated carbocycles. The van der Waals surface area contributed by atoms with Crippen LogP contribution in [0.3, 0.4) is 0 Å². The second-order valence-corrected chi connectivity index (χ2v) is 6.01. The van der Waals surface area contributed by atoms with Crippen molar-refractivity contribution >= 4 is 0 Å². The first-order chi connectivity index (χ1) is 10.1. The monoisotopic (exact) mass is 287 g/mol. The standard InChI is InChI=1S/C16H21N3O2/c1-11-4-3-9-16(17,10-11)15-18-14(19-21-15)12-5-7-13(20-2)8-6-12/h5-8,11H,3-4,9-10,17H2,1-2H3. The van der Waals surface area contributed by atoms with Gasteiger partial charge in [0, 0.05) is 5.56 Å². The molecule has 0 amide bonds. The summed E-state index contributed by atoms with van der Waals surface area (Å²) in [4.78, 5) is 4.52. The van der Waals surface area contributed by atoms with Crippen LogP contribution in [0.25, 0.3) is 11.4 Å². The van der Waals surface area contributed by atoms with Crippen molar-refractivity contribution in [3.05, 3.63) is 30.2 Å². The Hall–Kier alpha value is -1.88. The van der Waals surface area contributed by atoms with E-state index in [0.717, 1.165) is 30.6 Å². The van der Waals surface area contributed by atoms with Crippen molar-refractivity contribution in [2.75, 3.05) is 7.11 Å². The van der Waals surface area contributed by atoms with Crippen LogP contribution in [0, 0.1) is 5.92 Å². The summed E-state index contributed by atoms with van der Waals surface area (Å²) in [5.41, 5.74) is 6.92. The van der Waals surface area contributed by atoms with Gasteiger partial charge in [-0.1, -0.05) is 24.9 Å². The van der Waals surface area contributed by atoms with E-state index in [1.807, 2.05) is 24.3 Å². The lowest BCUT2D eigenvalue weighted by atomic mass is 9.77. The minimum atomic E-state index is -0.477. The number of nitrogens with zero attached hydrogens (tertiary/aromatic N) is 2. The van der Waals surface area contributed by atoms with Crippen LogP contribution in [0.4, 0.5) is 0 Å². The maximum Gasteiger partial charge on any atom is 0.247 e. The molecule has 0 radical (unpaired) electrons. The van der Waals surface area contributed by atoms with Crippen LogP contribution in [-0.2, 0) is 5.54 Å². The molecule has 1 heterocycles.